The van der Waals surface area contributed by atoms with Gasteiger partial charge in [0.15, 0.2) is 0 Å². The van der Waals surface area contributed by atoms with E-state index in [0.29, 0.717) is 18.1 Å². The van der Waals surface area contributed by atoms with Crippen molar-refractivity contribution in [1.82, 2.24) is 10.6 Å². The number of nitrogens with one attached hydrogen (secondary N) is 2. The number of rotatable bonds is 8. The normalized spacial score (nSPS) is 23.9. The van der Waals surface area contributed by atoms with Crippen LogP contribution < -0.4 is 10.6 Å². The van der Waals surface area contributed by atoms with E-state index in [9.17, 15) is 19.4 Å². The van der Waals surface area contributed by atoms with E-state index < -0.39 is 24.4 Å². The van der Waals surface area contributed by atoms with Crippen molar-refractivity contribution >= 4 is 17.5 Å². The molecular weight excluding hydrogens is 399 g/mol. The van der Waals surface area contributed by atoms with Crippen molar-refractivity contribution in [3.8, 4) is 0 Å². The molecule has 4 N–H and O–H groups in total. The molecule has 1 aliphatic heterocycles. The molecule has 156 valence electrons. The molecule has 1 amide bonds. The highest BCUT2D eigenvalue weighted by Gasteiger charge is 2.42. The number of carbonyl (C=O) groups excluding carboxylic acids is 1. The van der Waals surface area contributed by atoms with Crippen LogP contribution in [0.5, 0.6) is 0 Å². The summed E-state index contributed by atoms with van der Waals surface area (Å²) in [6, 6.07) is 13.2. The van der Waals surface area contributed by atoms with Crippen molar-refractivity contribution in [1.29, 1.82) is 0 Å². The van der Waals surface area contributed by atoms with Crippen LogP contribution in [0.15, 0.2) is 48.5 Å². The van der Waals surface area contributed by atoms with Crippen LogP contribution in [0.2, 0.25) is 5.02 Å². The molecule has 0 bridgehead atoms. The van der Waals surface area contributed by atoms with Crippen LogP contribution in [0.3, 0.4) is 0 Å². The van der Waals surface area contributed by atoms with Crippen molar-refractivity contribution in [2.24, 2.45) is 0 Å². The van der Waals surface area contributed by atoms with Gasteiger partial charge in [-0.1, -0.05) is 35.9 Å². The van der Waals surface area contributed by atoms with Gasteiger partial charge in [0, 0.05) is 24.7 Å². The summed E-state index contributed by atoms with van der Waals surface area (Å²) in [7, 11) is 0. The van der Waals surface area contributed by atoms with Gasteiger partial charge < -0.3 is 25.6 Å². The molecule has 1 heterocycles. The number of carbonyl (C=O) groups is 1. The van der Waals surface area contributed by atoms with Gasteiger partial charge in [0.25, 0.3) is 0 Å². The lowest BCUT2D eigenvalue weighted by molar-refractivity contribution is -0.125. The number of ether oxygens (including phenoxy) is 1. The highest BCUT2D eigenvalue weighted by atomic mass is 35.5. The van der Waals surface area contributed by atoms with Crippen molar-refractivity contribution in [2.45, 2.75) is 43.9 Å². The highest BCUT2D eigenvalue weighted by molar-refractivity contribution is 6.30. The smallest absolute Gasteiger partial charge is 0.222 e. The number of amides is 1. The fourth-order valence-corrected chi connectivity index (χ4v) is 3.44. The first kappa shape index (κ1) is 21.7. The van der Waals surface area contributed by atoms with E-state index in [2.05, 4.69) is 10.6 Å². The molecule has 1 aliphatic rings. The predicted octanol–water partition coefficient (Wildman–Crippen LogP) is 1.76. The molecule has 0 spiro atoms. The average Bonchev–Trinajstić information content (AvgIpc) is 2.95. The molecule has 0 aromatic heterocycles. The molecule has 2 aromatic carbocycles. The van der Waals surface area contributed by atoms with Crippen molar-refractivity contribution < 1.29 is 24.1 Å². The van der Waals surface area contributed by atoms with Crippen molar-refractivity contribution in [3.63, 3.8) is 0 Å². The Hall–Kier alpha value is -2.03. The summed E-state index contributed by atoms with van der Waals surface area (Å²) < 4.78 is 18.6. The van der Waals surface area contributed by atoms with E-state index in [1.807, 2.05) is 18.2 Å². The van der Waals surface area contributed by atoms with E-state index >= 15 is 0 Å². The van der Waals surface area contributed by atoms with Crippen LogP contribution in [0.25, 0.3) is 0 Å². The largest absolute Gasteiger partial charge is 0.388 e. The van der Waals surface area contributed by atoms with Gasteiger partial charge in [0.1, 0.15) is 18.0 Å². The summed E-state index contributed by atoms with van der Waals surface area (Å²) >= 11 is 5.95. The monoisotopic (exact) mass is 422 g/mol. The third-order valence-electron chi connectivity index (χ3n) is 4.81. The maximum Gasteiger partial charge on any atom is 0.222 e. The van der Waals surface area contributed by atoms with Crippen LogP contribution in [-0.4, -0.2) is 47.1 Å². The van der Waals surface area contributed by atoms with Gasteiger partial charge in [-0.15, -0.1) is 0 Å². The van der Waals surface area contributed by atoms with E-state index in [1.165, 1.54) is 12.1 Å². The SMILES string of the molecule is O=C(C[C@@H]1O[C@@H](CNCc2cccc(Cl)c2)[C@@H](O)[C@H]1O)NCc1ccc(F)cc1. The standard InChI is InChI=1S/C21H24ClFN2O4/c22-15-3-1-2-14(8-15)10-24-12-18-21(28)20(27)17(29-18)9-19(26)25-11-13-4-6-16(23)7-5-13/h1-8,17-18,20-21,24,27-28H,9-12H2,(H,25,26)/t17-,18-,20-,21+/m0/s1. The molecule has 1 saturated heterocycles. The first-order valence-corrected chi connectivity index (χ1v) is 9.78. The summed E-state index contributed by atoms with van der Waals surface area (Å²) in [5.41, 5.74) is 1.75. The fraction of sp³-hybridized carbons (Fsp3) is 0.381. The number of aliphatic hydroxyl groups is 2. The van der Waals surface area contributed by atoms with E-state index in [0.717, 1.165) is 11.1 Å². The first-order chi connectivity index (χ1) is 13.9. The van der Waals surface area contributed by atoms with Crippen LogP contribution >= 0.6 is 11.6 Å². The molecule has 4 atom stereocenters. The second kappa shape index (κ2) is 10.1. The number of hydrogen-bond acceptors (Lipinski definition) is 5. The van der Waals surface area contributed by atoms with Gasteiger partial charge in [-0.2, -0.15) is 0 Å². The molecule has 0 unspecified atom stereocenters. The minimum absolute atomic E-state index is 0.0792. The quantitative estimate of drug-likeness (QED) is 0.520. The fourth-order valence-electron chi connectivity index (χ4n) is 3.23. The molecule has 2 aromatic rings. The summed E-state index contributed by atoms with van der Waals surface area (Å²) in [6.07, 6.45) is -3.74. The van der Waals surface area contributed by atoms with Crippen LogP contribution in [0, 0.1) is 5.82 Å². The van der Waals surface area contributed by atoms with E-state index in [1.54, 1.807) is 18.2 Å². The summed E-state index contributed by atoms with van der Waals surface area (Å²) in [5.74, 6) is -0.662. The van der Waals surface area contributed by atoms with Gasteiger partial charge in [-0.3, -0.25) is 4.79 Å². The van der Waals surface area contributed by atoms with Gasteiger partial charge in [-0.25, -0.2) is 4.39 Å². The Morgan fingerprint density at radius 2 is 1.76 bits per heavy atom. The minimum atomic E-state index is -1.15. The maximum atomic E-state index is 12.9. The molecule has 0 aliphatic carbocycles. The topological polar surface area (TPSA) is 90.8 Å². The Morgan fingerprint density at radius 1 is 1.03 bits per heavy atom. The zero-order valence-electron chi connectivity index (χ0n) is 15.7. The highest BCUT2D eigenvalue weighted by Crippen LogP contribution is 2.23. The number of halogens is 2. The van der Waals surface area contributed by atoms with Gasteiger partial charge >= 0.3 is 0 Å². The summed E-state index contributed by atoms with van der Waals surface area (Å²) in [4.78, 5) is 12.1. The van der Waals surface area contributed by atoms with Gasteiger partial charge in [-0.05, 0) is 35.4 Å². The zero-order chi connectivity index (χ0) is 20.8. The summed E-state index contributed by atoms with van der Waals surface area (Å²) in [5, 5.41) is 26.9. The Morgan fingerprint density at radius 3 is 2.48 bits per heavy atom. The van der Waals surface area contributed by atoms with Gasteiger partial charge in [0.2, 0.25) is 5.91 Å². The number of hydrogen-bond donors (Lipinski definition) is 4. The Kier molecular flexibility index (Phi) is 7.57. The lowest BCUT2D eigenvalue weighted by Gasteiger charge is -2.15. The molecule has 1 fully saturated rings. The Balaban J connectivity index is 1.43. The first-order valence-electron chi connectivity index (χ1n) is 9.40. The molecule has 3 rings (SSSR count). The van der Waals surface area contributed by atoms with Crippen LogP contribution in [0.1, 0.15) is 17.5 Å². The average molecular weight is 423 g/mol. The van der Waals surface area contributed by atoms with Gasteiger partial charge in [0.05, 0.1) is 18.6 Å². The number of aliphatic hydroxyl groups excluding tert-OH is 2. The number of benzene rings is 2. The summed E-state index contributed by atoms with van der Waals surface area (Å²) in [6.45, 7) is 1.10. The lowest BCUT2D eigenvalue weighted by Crippen LogP contribution is -2.38. The Bertz CT molecular complexity index is 821. The zero-order valence-corrected chi connectivity index (χ0v) is 16.5. The minimum Gasteiger partial charge on any atom is -0.388 e. The third-order valence-corrected chi connectivity index (χ3v) is 5.05. The predicted molar refractivity (Wildman–Crippen MR) is 107 cm³/mol. The lowest BCUT2D eigenvalue weighted by atomic mass is 10.1. The third kappa shape index (κ3) is 6.22. The molecule has 6 nitrogen and oxygen atoms in total. The molecule has 0 saturated carbocycles. The van der Waals surface area contributed by atoms with E-state index in [4.69, 9.17) is 16.3 Å². The molecule has 8 heteroatoms. The van der Waals surface area contributed by atoms with Crippen LogP contribution in [-0.2, 0) is 22.6 Å². The molecule has 29 heavy (non-hydrogen) atoms. The van der Waals surface area contributed by atoms with Crippen LogP contribution in [0.4, 0.5) is 4.39 Å². The second-order valence-electron chi connectivity index (χ2n) is 7.06. The van der Waals surface area contributed by atoms with E-state index in [-0.39, 0.29) is 24.7 Å². The van der Waals surface area contributed by atoms with Crippen molar-refractivity contribution in [2.75, 3.05) is 6.54 Å². The molecular formula is C21H24ClFN2O4. The molecule has 0 radical (unpaired) electrons. The second-order valence-corrected chi connectivity index (χ2v) is 7.50. The maximum absolute atomic E-state index is 12.9. The van der Waals surface area contributed by atoms with Crippen molar-refractivity contribution in [3.05, 3.63) is 70.5 Å². The Labute approximate surface area is 173 Å².